The minimum atomic E-state index is -1.33. The molecule has 0 saturated carbocycles. The lowest BCUT2D eigenvalue weighted by atomic mass is 10.2. The van der Waals surface area contributed by atoms with E-state index in [1.807, 2.05) is 33.8 Å². The van der Waals surface area contributed by atoms with E-state index in [1.165, 1.54) is 0 Å². The van der Waals surface area contributed by atoms with Crippen molar-refractivity contribution in [2.24, 2.45) is 0 Å². The molecule has 0 N–H and O–H groups in total. The summed E-state index contributed by atoms with van der Waals surface area (Å²) in [6.07, 6.45) is 3.31. The molecule has 1 rings (SSSR count). The van der Waals surface area contributed by atoms with Crippen molar-refractivity contribution in [2.75, 3.05) is 26.4 Å². The molecule has 0 unspecified atom stereocenters. The first kappa shape index (κ1) is 17.4. The molecule has 0 aromatic carbocycles. The summed E-state index contributed by atoms with van der Waals surface area (Å²) in [7, 11) is 0. The fraction of sp³-hybridized carbons (Fsp3) is 0.562. The topological polar surface area (TPSA) is 49.8 Å². The Morgan fingerprint density at radius 1 is 0.952 bits per heavy atom. The number of pyridine rings is 1. The second-order valence-corrected chi connectivity index (χ2v) is 3.95. The summed E-state index contributed by atoms with van der Waals surface area (Å²) < 4.78 is 22.0. The lowest BCUT2D eigenvalue weighted by Gasteiger charge is -2.26. The molecule has 0 amide bonds. The van der Waals surface area contributed by atoms with E-state index in [0.717, 1.165) is 0 Å². The molecule has 0 fully saturated rings. The number of rotatable bonds is 8. The Bertz CT molecular complexity index is 462. The third-order valence-corrected chi connectivity index (χ3v) is 2.39. The van der Waals surface area contributed by atoms with E-state index >= 15 is 0 Å². The molecular weight excluding hydrogens is 270 g/mol. The quantitative estimate of drug-likeness (QED) is 0.544. The fourth-order valence-electron chi connectivity index (χ4n) is 1.68. The summed E-state index contributed by atoms with van der Waals surface area (Å²) in [5.41, 5.74) is 0.712. The zero-order chi connectivity index (χ0) is 15.6. The van der Waals surface area contributed by atoms with Crippen LogP contribution in [0.3, 0.4) is 0 Å². The predicted octanol–water partition coefficient (Wildman–Crippen LogP) is 2.60. The van der Waals surface area contributed by atoms with Gasteiger partial charge >= 0.3 is 5.97 Å². The van der Waals surface area contributed by atoms with Crippen LogP contribution < -0.4 is 4.74 Å². The van der Waals surface area contributed by atoms with Gasteiger partial charge in [-0.3, -0.25) is 4.98 Å². The molecule has 116 valence electrons. The Balaban J connectivity index is 2.99. The van der Waals surface area contributed by atoms with Gasteiger partial charge in [0.1, 0.15) is 5.75 Å². The standard InChI is InChI=1S/C16H23NO4/c1-5-18-15-11-14(12-17-13-15)9-10-16(19-6-2,20-7-3)21-8-4/h11-13H,5-8H2,1-4H3. The van der Waals surface area contributed by atoms with Gasteiger partial charge in [0.25, 0.3) is 0 Å². The Morgan fingerprint density at radius 3 is 2.10 bits per heavy atom. The zero-order valence-electron chi connectivity index (χ0n) is 13.1. The van der Waals surface area contributed by atoms with E-state index in [2.05, 4.69) is 16.8 Å². The van der Waals surface area contributed by atoms with E-state index in [0.29, 0.717) is 37.7 Å². The van der Waals surface area contributed by atoms with Gasteiger partial charge < -0.3 is 18.9 Å². The second-order valence-electron chi connectivity index (χ2n) is 3.95. The van der Waals surface area contributed by atoms with Crippen LogP contribution in [-0.4, -0.2) is 37.4 Å². The molecule has 0 aliphatic rings. The normalized spacial score (nSPS) is 10.9. The van der Waals surface area contributed by atoms with Crippen molar-refractivity contribution < 1.29 is 18.9 Å². The van der Waals surface area contributed by atoms with E-state index in [1.54, 1.807) is 12.4 Å². The lowest BCUT2D eigenvalue weighted by Crippen LogP contribution is -2.38. The smallest absolute Gasteiger partial charge is 0.353 e. The van der Waals surface area contributed by atoms with E-state index in [9.17, 15) is 0 Å². The number of ether oxygens (including phenoxy) is 4. The summed E-state index contributed by atoms with van der Waals surface area (Å²) in [6.45, 7) is 9.41. The zero-order valence-corrected chi connectivity index (χ0v) is 13.1. The van der Waals surface area contributed by atoms with Gasteiger partial charge in [-0.15, -0.1) is 0 Å². The summed E-state index contributed by atoms with van der Waals surface area (Å²) in [4.78, 5) is 4.09. The highest BCUT2D eigenvalue weighted by molar-refractivity contribution is 5.37. The molecule has 5 nitrogen and oxygen atoms in total. The molecule has 0 atom stereocenters. The molecule has 0 aliphatic heterocycles. The summed E-state index contributed by atoms with van der Waals surface area (Å²) in [6, 6.07) is 1.82. The van der Waals surface area contributed by atoms with E-state index < -0.39 is 5.97 Å². The van der Waals surface area contributed by atoms with Gasteiger partial charge in [-0.05, 0) is 39.7 Å². The van der Waals surface area contributed by atoms with E-state index in [4.69, 9.17) is 18.9 Å². The van der Waals surface area contributed by atoms with Crippen LogP contribution in [0.5, 0.6) is 5.75 Å². The summed E-state index contributed by atoms with van der Waals surface area (Å²) in [5, 5.41) is 0. The first-order chi connectivity index (χ1) is 10.2. The number of aromatic nitrogens is 1. The van der Waals surface area contributed by atoms with Gasteiger partial charge in [0.05, 0.1) is 32.6 Å². The molecule has 0 saturated heterocycles. The van der Waals surface area contributed by atoms with E-state index in [-0.39, 0.29) is 0 Å². The maximum absolute atomic E-state index is 5.54. The van der Waals surface area contributed by atoms with Crippen molar-refractivity contribution in [3.05, 3.63) is 24.0 Å². The largest absolute Gasteiger partial charge is 0.492 e. The average molecular weight is 293 g/mol. The van der Waals surface area contributed by atoms with Crippen molar-refractivity contribution in [2.45, 2.75) is 33.7 Å². The highest BCUT2D eigenvalue weighted by Crippen LogP contribution is 2.16. The third-order valence-electron chi connectivity index (χ3n) is 2.39. The van der Waals surface area contributed by atoms with Gasteiger partial charge in [0.2, 0.25) is 0 Å². The van der Waals surface area contributed by atoms with Crippen LogP contribution in [0, 0.1) is 11.8 Å². The van der Waals surface area contributed by atoms with Crippen LogP contribution in [-0.2, 0) is 14.2 Å². The van der Waals surface area contributed by atoms with Gasteiger partial charge in [-0.2, -0.15) is 0 Å². The number of nitrogens with zero attached hydrogens (tertiary/aromatic N) is 1. The molecule has 0 aliphatic carbocycles. The van der Waals surface area contributed by atoms with Crippen LogP contribution >= 0.6 is 0 Å². The van der Waals surface area contributed by atoms with Crippen LogP contribution in [0.15, 0.2) is 18.5 Å². The monoisotopic (exact) mass is 293 g/mol. The molecule has 1 heterocycles. The van der Waals surface area contributed by atoms with Gasteiger partial charge in [0, 0.05) is 11.8 Å². The first-order valence-corrected chi connectivity index (χ1v) is 7.22. The Kier molecular flexibility index (Phi) is 7.76. The fourth-order valence-corrected chi connectivity index (χ4v) is 1.68. The Labute approximate surface area is 126 Å². The molecule has 0 bridgehead atoms. The Morgan fingerprint density at radius 2 is 1.57 bits per heavy atom. The minimum absolute atomic E-state index is 0.436. The van der Waals surface area contributed by atoms with Crippen molar-refractivity contribution in [1.29, 1.82) is 0 Å². The van der Waals surface area contributed by atoms with Crippen LogP contribution in [0.4, 0.5) is 0 Å². The minimum Gasteiger partial charge on any atom is -0.492 e. The SMILES string of the molecule is CCOc1cncc(C#CC(OCC)(OCC)OCC)c1. The highest BCUT2D eigenvalue weighted by Gasteiger charge is 2.30. The van der Waals surface area contributed by atoms with Crippen molar-refractivity contribution >= 4 is 0 Å². The predicted molar refractivity (Wildman–Crippen MR) is 79.9 cm³/mol. The van der Waals surface area contributed by atoms with Crippen molar-refractivity contribution in [3.8, 4) is 17.6 Å². The van der Waals surface area contributed by atoms with Crippen molar-refractivity contribution in [1.82, 2.24) is 4.98 Å². The Hall–Kier alpha value is -1.61. The molecule has 1 aromatic heterocycles. The molecule has 5 heteroatoms. The molecular formula is C16H23NO4. The second kappa shape index (κ2) is 9.35. The lowest BCUT2D eigenvalue weighted by molar-refractivity contribution is -0.339. The highest BCUT2D eigenvalue weighted by atomic mass is 16.9. The van der Waals surface area contributed by atoms with Crippen LogP contribution in [0.25, 0.3) is 0 Å². The number of hydrogen-bond donors (Lipinski definition) is 0. The number of hydrogen-bond acceptors (Lipinski definition) is 5. The average Bonchev–Trinajstić information content (AvgIpc) is 2.47. The van der Waals surface area contributed by atoms with Crippen LogP contribution in [0.1, 0.15) is 33.3 Å². The first-order valence-electron chi connectivity index (χ1n) is 7.22. The molecule has 1 aromatic rings. The van der Waals surface area contributed by atoms with Crippen LogP contribution in [0.2, 0.25) is 0 Å². The molecule has 0 radical (unpaired) electrons. The maximum atomic E-state index is 5.54. The third kappa shape index (κ3) is 5.72. The molecule has 0 spiro atoms. The van der Waals surface area contributed by atoms with Gasteiger partial charge in [-0.25, -0.2) is 0 Å². The maximum Gasteiger partial charge on any atom is 0.353 e. The summed E-state index contributed by atoms with van der Waals surface area (Å²) in [5.74, 6) is 5.23. The molecule has 21 heavy (non-hydrogen) atoms. The summed E-state index contributed by atoms with van der Waals surface area (Å²) >= 11 is 0. The van der Waals surface area contributed by atoms with Gasteiger partial charge in [0.15, 0.2) is 0 Å². The van der Waals surface area contributed by atoms with Gasteiger partial charge in [-0.1, -0.05) is 5.92 Å². The van der Waals surface area contributed by atoms with Crippen molar-refractivity contribution in [3.63, 3.8) is 0 Å².